The van der Waals surface area contributed by atoms with Crippen molar-refractivity contribution < 1.29 is 19.1 Å². The number of carbonyl (C=O) groups excluding carboxylic acids is 2. The largest absolute Gasteiger partial charge is 0.497 e. The molecule has 2 aromatic carbocycles. The Kier molecular flexibility index (Phi) is 6.59. The second-order valence-corrected chi connectivity index (χ2v) is 5.25. The maximum atomic E-state index is 11.7. The third-order valence-electron chi connectivity index (χ3n) is 3.26. The Bertz CT molecular complexity index is 737. The molecular formula is C19H20N2O4. The molecule has 0 saturated heterocycles. The van der Waals surface area contributed by atoms with Gasteiger partial charge in [0, 0.05) is 6.08 Å². The van der Waals surface area contributed by atoms with Crippen molar-refractivity contribution in [3.63, 3.8) is 0 Å². The van der Waals surface area contributed by atoms with E-state index in [0.717, 1.165) is 16.9 Å². The van der Waals surface area contributed by atoms with Crippen LogP contribution in [-0.2, 0) is 9.59 Å². The number of benzene rings is 2. The van der Waals surface area contributed by atoms with Gasteiger partial charge in [0.25, 0.3) is 11.8 Å². The molecule has 2 rings (SSSR count). The van der Waals surface area contributed by atoms with Gasteiger partial charge in [-0.25, -0.2) is 0 Å². The minimum atomic E-state index is -0.452. The van der Waals surface area contributed by atoms with Gasteiger partial charge in [-0.15, -0.1) is 0 Å². The van der Waals surface area contributed by atoms with E-state index in [1.54, 1.807) is 37.5 Å². The summed E-state index contributed by atoms with van der Waals surface area (Å²) in [5.74, 6) is 0.431. The number of methoxy groups -OCH3 is 1. The summed E-state index contributed by atoms with van der Waals surface area (Å²) in [5.41, 5.74) is 6.52. The molecule has 2 amide bonds. The number of rotatable bonds is 6. The third-order valence-corrected chi connectivity index (χ3v) is 3.26. The van der Waals surface area contributed by atoms with E-state index in [1.165, 1.54) is 6.08 Å². The van der Waals surface area contributed by atoms with Crippen LogP contribution in [0.3, 0.4) is 0 Å². The van der Waals surface area contributed by atoms with Gasteiger partial charge in [-0.2, -0.15) is 0 Å². The van der Waals surface area contributed by atoms with Crippen LogP contribution in [0.2, 0.25) is 0 Å². The van der Waals surface area contributed by atoms with Crippen LogP contribution in [-0.4, -0.2) is 25.5 Å². The highest BCUT2D eigenvalue weighted by molar-refractivity contribution is 5.93. The molecule has 0 aliphatic rings. The van der Waals surface area contributed by atoms with E-state index in [4.69, 9.17) is 9.47 Å². The van der Waals surface area contributed by atoms with Crippen LogP contribution < -0.4 is 20.3 Å². The van der Waals surface area contributed by atoms with Gasteiger partial charge < -0.3 is 9.47 Å². The lowest BCUT2D eigenvalue weighted by molar-refractivity contribution is -0.128. The molecule has 0 fully saturated rings. The first-order chi connectivity index (χ1) is 12.1. The summed E-state index contributed by atoms with van der Waals surface area (Å²) >= 11 is 0. The monoisotopic (exact) mass is 340 g/mol. The molecule has 0 spiro atoms. The second kappa shape index (κ2) is 9.12. The molecule has 0 aliphatic heterocycles. The highest BCUT2D eigenvalue weighted by atomic mass is 16.5. The maximum absolute atomic E-state index is 11.7. The fraction of sp³-hybridized carbons (Fsp3) is 0.158. The number of ether oxygens (including phenoxy) is 2. The molecule has 0 heterocycles. The minimum absolute atomic E-state index is 0.189. The van der Waals surface area contributed by atoms with Gasteiger partial charge in [0.05, 0.1) is 7.11 Å². The third kappa shape index (κ3) is 6.39. The Hall–Kier alpha value is -3.28. The van der Waals surface area contributed by atoms with Crippen LogP contribution in [0.4, 0.5) is 0 Å². The Morgan fingerprint density at radius 3 is 2.24 bits per heavy atom. The number of hydrogen-bond acceptors (Lipinski definition) is 4. The van der Waals surface area contributed by atoms with Crippen molar-refractivity contribution >= 4 is 17.9 Å². The van der Waals surface area contributed by atoms with E-state index in [9.17, 15) is 9.59 Å². The number of aryl methyl sites for hydroxylation is 1. The summed E-state index contributed by atoms with van der Waals surface area (Å²) in [5, 5.41) is 0. The van der Waals surface area contributed by atoms with Crippen molar-refractivity contribution in [1.82, 2.24) is 10.9 Å². The van der Waals surface area contributed by atoms with Crippen LogP contribution in [0.1, 0.15) is 11.1 Å². The zero-order valence-corrected chi connectivity index (χ0v) is 14.1. The van der Waals surface area contributed by atoms with Crippen molar-refractivity contribution in [2.24, 2.45) is 0 Å². The van der Waals surface area contributed by atoms with E-state index < -0.39 is 11.8 Å². The summed E-state index contributed by atoms with van der Waals surface area (Å²) in [6, 6.07) is 14.5. The molecule has 0 radical (unpaired) electrons. The molecule has 0 aromatic heterocycles. The van der Waals surface area contributed by atoms with E-state index >= 15 is 0 Å². The summed E-state index contributed by atoms with van der Waals surface area (Å²) in [4.78, 5) is 23.3. The average molecular weight is 340 g/mol. The Morgan fingerprint density at radius 1 is 0.960 bits per heavy atom. The van der Waals surface area contributed by atoms with Crippen LogP contribution in [0.5, 0.6) is 11.5 Å². The Balaban J connectivity index is 1.72. The van der Waals surface area contributed by atoms with Gasteiger partial charge in [-0.05, 0) is 42.8 Å². The number of carbonyl (C=O) groups is 2. The molecule has 130 valence electrons. The van der Waals surface area contributed by atoms with Gasteiger partial charge in [0.2, 0.25) is 0 Å². The van der Waals surface area contributed by atoms with Crippen LogP contribution in [0, 0.1) is 6.92 Å². The number of nitrogens with one attached hydrogen (secondary N) is 2. The molecule has 0 bridgehead atoms. The Morgan fingerprint density at radius 2 is 1.60 bits per heavy atom. The standard InChI is InChI=1S/C19H20N2O4/c1-14-3-8-17(9-4-14)25-13-19(23)21-20-18(22)12-7-15-5-10-16(24-2)11-6-15/h3-12H,13H2,1-2H3,(H,20,22)(H,21,23)/b12-7+. The molecule has 0 atom stereocenters. The minimum Gasteiger partial charge on any atom is -0.497 e. The van der Waals surface area contributed by atoms with Crippen molar-refractivity contribution in [1.29, 1.82) is 0 Å². The van der Waals surface area contributed by atoms with Gasteiger partial charge in [0.1, 0.15) is 11.5 Å². The van der Waals surface area contributed by atoms with Crippen molar-refractivity contribution in [3.05, 3.63) is 65.7 Å². The number of amides is 2. The van der Waals surface area contributed by atoms with E-state index in [1.807, 2.05) is 31.2 Å². The van der Waals surface area contributed by atoms with E-state index in [2.05, 4.69) is 10.9 Å². The van der Waals surface area contributed by atoms with E-state index in [-0.39, 0.29) is 6.61 Å². The van der Waals surface area contributed by atoms with Gasteiger partial charge in [0.15, 0.2) is 6.61 Å². The van der Waals surface area contributed by atoms with Crippen molar-refractivity contribution in [3.8, 4) is 11.5 Å². The quantitative estimate of drug-likeness (QED) is 0.625. The van der Waals surface area contributed by atoms with Crippen molar-refractivity contribution in [2.75, 3.05) is 13.7 Å². The van der Waals surface area contributed by atoms with Crippen LogP contribution in [0.25, 0.3) is 6.08 Å². The Labute approximate surface area is 146 Å². The summed E-state index contributed by atoms with van der Waals surface area (Å²) in [7, 11) is 1.59. The SMILES string of the molecule is COc1ccc(/C=C/C(=O)NNC(=O)COc2ccc(C)cc2)cc1. The molecule has 0 aliphatic carbocycles. The van der Waals surface area contributed by atoms with Crippen LogP contribution >= 0.6 is 0 Å². The molecule has 0 unspecified atom stereocenters. The van der Waals surface area contributed by atoms with Crippen LogP contribution in [0.15, 0.2) is 54.6 Å². The summed E-state index contributed by atoms with van der Waals surface area (Å²) in [6.07, 6.45) is 2.95. The fourth-order valence-corrected chi connectivity index (χ4v) is 1.88. The fourth-order valence-electron chi connectivity index (χ4n) is 1.88. The summed E-state index contributed by atoms with van der Waals surface area (Å²) < 4.78 is 10.4. The highest BCUT2D eigenvalue weighted by Crippen LogP contribution is 2.12. The zero-order valence-electron chi connectivity index (χ0n) is 14.1. The topological polar surface area (TPSA) is 76.7 Å². The number of hydrogen-bond donors (Lipinski definition) is 2. The maximum Gasteiger partial charge on any atom is 0.276 e. The molecule has 2 aromatic rings. The molecule has 25 heavy (non-hydrogen) atoms. The molecule has 2 N–H and O–H groups in total. The number of hydrazine groups is 1. The predicted molar refractivity (Wildman–Crippen MR) is 95.0 cm³/mol. The lowest BCUT2D eigenvalue weighted by Crippen LogP contribution is -2.43. The lowest BCUT2D eigenvalue weighted by Gasteiger charge is -2.07. The highest BCUT2D eigenvalue weighted by Gasteiger charge is 2.03. The van der Waals surface area contributed by atoms with Gasteiger partial charge in [-0.3, -0.25) is 20.4 Å². The van der Waals surface area contributed by atoms with E-state index in [0.29, 0.717) is 5.75 Å². The molecule has 6 heteroatoms. The predicted octanol–water partition coefficient (Wildman–Crippen LogP) is 2.24. The average Bonchev–Trinajstić information content (AvgIpc) is 2.64. The summed E-state index contributed by atoms with van der Waals surface area (Å²) in [6.45, 7) is 1.77. The lowest BCUT2D eigenvalue weighted by atomic mass is 10.2. The zero-order chi connectivity index (χ0) is 18.1. The first kappa shape index (κ1) is 18.1. The first-order valence-electron chi connectivity index (χ1n) is 7.67. The molecule has 0 saturated carbocycles. The van der Waals surface area contributed by atoms with Crippen molar-refractivity contribution in [2.45, 2.75) is 6.92 Å². The first-order valence-corrected chi connectivity index (χ1v) is 7.67. The second-order valence-electron chi connectivity index (χ2n) is 5.25. The molecule has 6 nitrogen and oxygen atoms in total. The smallest absolute Gasteiger partial charge is 0.276 e. The van der Waals surface area contributed by atoms with Gasteiger partial charge >= 0.3 is 0 Å². The normalized spacial score (nSPS) is 10.3. The van der Waals surface area contributed by atoms with Gasteiger partial charge in [-0.1, -0.05) is 29.8 Å². The molecular weight excluding hydrogens is 320 g/mol.